The molecule has 0 aromatic rings. The number of alkyl halides is 12. The van der Waals surface area contributed by atoms with E-state index in [0.717, 1.165) is 0 Å². The van der Waals surface area contributed by atoms with Crippen LogP contribution in [0.25, 0.3) is 0 Å². The number of hydrogen-bond donors (Lipinski definition) is 0. The molecule has 0 saturated carbocycles. The van der Waals surface area contributed by atoms with Crippen molar-refractivity contribution in [3.05, 3.63) is 12.0 Å². The van der Waals surface area contributed by atoms with Gasteiger partial charge in [-0.1, -0.05) is 0 Å². The summed E-state index contributed by atoms with van der Waals surface area (Å²) in [6.45, 7) is 0. The van der Waals surface area contributed by atoms with Gasteiger partial charge < -0.3 is 9.47 Å². The van der Waals surface area contributed by atoms with Crippen LogP contribution in [0.2, 0.25) is 0 Å². The van der Waals surface area contributed by atoms with Gasteiger partial charge >= 0.3 is 47.9 Å². The molecule has 0 amide bonds. The van der Waals surface area contributed by atoms with Crippen LogP contribution in [0.5, 0.6) is 0 Å². The Hall–Kier alpha value is -1.64. The molecule has 1 atom stereocenters. The van der Waals surface area contributed by atoms with Crippen molar-refractivity contribution in [3.8, 4) is 0 Å². The van der Waals surface area contributed by atoms with Crippen LogP contribution < -0.4 is 0 Å². The molecule has 142 valence electrons. The van der Waals surface area contributed by atoms with Crippen LogP contribution in [0.4, 0.5) is 61.5 Å². The molecule has 1 fully saturated rings. The van der Waals surface area contributed by atoms with E-state index in [0.29, 0.717) is 0 Å². The van der Waals surface area contributed by atoms with Crippen molar-refractivity contribution < 1.29 is 70.9 Å². The highest BCUT2D eigenvalue weighted by molar-refractivity contribution is 5.13. The second kappa shape index (κ2) is 4.93. The van der Waals surface area contributed by atoms with E-state index in [9.17, 15) is 61.5 Å². The van der Waals surface area contributed by atoms with Gasteiger partial charge in [0.1, 0.15) is 0 Å². The van der Waals surface area contributed by atoms with Crippen molar-refractivity contribution in [1.29, 1.82) is 0 Å². The molecule has 1 aliphatic rings. The summed E-state index contributed by atoms with van der Waals surface area (Å²) < 4.78 is 181. The standard InChI is InChI=1S/C8F14O2/c9-1(10)2-23-6(17,8(21,22)24-2)4(13,14)3(11,12)5(15,16)7(18,19)20. The molecule has 2 nitrogen and oxygen atoms in total. The predicted octanol–water partition coefficient (Wildman–Crippen LogP) is 4.83. The maximum Gasteiger partial charge on any atom is 0.480 e. The van der Waals surface area contributed by atoms with Crippen molar-refractivity contribution in [1.82, 2.24) is 0 Å². The van der Waals surface area contributed by atoms with E-state index < -0.39 is 47.9 Å². The first kappa shape index (κ1) is 20.4. The largest absolute Gasteiger partial charge is 0.480 e. The van der Waals surface area contributed by atoms with Crippen molar-refractivity contribution in [3.63, 3.8) is 0 Å². The SMILES string of the molecule is FC(F)=C1OC(F)(F)C(F)(C(F)(F)C(F)(F)C(F)(F)C(F)(F)F)O1. The number of hydrogen-bond acceptors (Lipinski definition) is 2. The van der Waals surface area contributed by atoms with E-state index in [2.05, 4.69) is 9.47 Å². The van der Waals surface area contributed by atoms with Gasteiger partial charge in [0, 0.05) is 0 Å². The Balaban J connectivity index is 3.55. The van der Waals surface area contributed by atoms with E-state index in [-0.39, 0.29) is 0 Å². The maximum absolute atomic E-state index is 13.5. The topological polar surface area (TPSA) is 18.5 Å². The van der Waals surface area contributed by atoms with Crippen LogP contribution in [-0.2, 0) is 9.47 Å². The lowest BCUT2D eigenvalue weighted by molar-refractivity contribution is -0.453. The molecule has 0 spiro atoms. The van der Waals surface area contributed by atoms with Crippen LogP contribution >= 0.6 is 0 Å². The minimum absolute atomic E-state index is 2.44. The highest BCUT2D eigenvalue weighted by Crippen LogP contribution is 2.62. The van der Waals surface area contributed by atoms with Gasteiger partial charge in [0.05, 0.1) is 0 Å². The van der Waals surface area contributed by atoms with E-state index >= 15 is 0 Å². The summed E-state index contributed by atoms with van der Waals surface area (Å²) in [7, 11) is 0. The third kappa shape index (κ3) is 2.32. The first-order chi connectivity index (χ1) is 10.3. The van der Waals surface area contributed by atoms with Crippen molar-refractivity contribution in [2.45, 2.75) is 35.9 Å². The monoisotopic (exact) mass is 394 g/mol. The van der Waals surface area contributed by atoms with Gasteiger partial charge in [-0.15, -0.1) is 0 Å². The van der Waals surface area contributed by atoms with Crippen LogP contribution in [-0.4, -0.2) is 35.9 Å². The third-order valence-corrected chi connectivity index (χ3v) is 2.53. The van der Waals surface area contributed by atoms with Gasteiger partial charge in [-0.3, -0.25) is 0 Å². The molecular weight excluding hydrogens is 394 g/mol. The van der Waals surface area contributed by atoms with E-state index in [4.69, 9.17) is 0 Å². The average molecular weight is 394 g/mol. The fourth-order valence-corrected chi connectivity index (χ4v) is 1.29. The molecule has 0 N–H and O–H groups in total. The summed E-state index contributed by atoms with van der Waals surface area (Å²) in [6.07, 6.45) is -17.5. The molecule has 0 aromatic carbocycles. The quantitative estimate of drug-likeness (QED) is 0.639. The van der Waals surface area contributed by atoms with Crippen LogP contribution in [0, 0.1) is 0 Å². The normalized spacial score (nSPS) is 25.3. The first-order valence-corrected chi connectivity index (χ1v) is 4.96. The molecule has 1 rings (SSSR count). The average Bonchev–Trinajstić information content (AvgIpc) is 2.60. The Morgan fingerprint density at radius 1 is 0.708 bits per heavy atom. The van der Waals surface area contributed by atoms with Gasteiger partial charge in [-0.2, -0.15) is 61.5 Å². The molecule has 24 heavy (non-hydrogen) atoms. The van der Waals surface area contributed by atoms with E-state index in [1.807, 2.05) is 0 Å². The summed E-state index contributed by atoms with van der Waals surface area (Å²) in [5, 5.41) is 0. The molecule has 1 heterocycles. The number of rotatable bonds is 3. The van der Waals surface area contributed by atoms with E-state index in [1.165, 1.54) is 0 Å². The molecule has 1 unspecified atom stereocenters. The number of ether oxygens (including phenoxy) is 2. The van der Waals surface area contributed by atoms with Gasteiger partial charge in [-0.25, -0.2) is 0 Å². The van der Waals surface area contributed by atoms with Crippen molar-refractivity contribution >= 4 is 0 Å². The minimum atomic E-state index is -7.89. The highest BCUT2D eigenvalue weighted by atomic mass is 19.4. The Labute approximate surface area is 120 Å². The summed E-state index contributed by atoms with van der Waals surface area (Å²) >= 11 is 0. The summed E-state index contributed by atoms with van der Waals surface area (Å²) in [4.78, 5) is 0. The maximum atomic E-state index is 13.5. The van der Waals surface area contributed by atoms with Crippen LogP contribution in [0.15, 0.2) is 12.0 Å². The Kier molecular flexibility index (Phi) is 4.20. The molecule has 0 aliphatic carbocycles. The Bertz CT molecular complexity index is 543. The second-order valence-corrected chi connectivity index (χ2v) is 4.08. The zero-order valence-corrected chi connectivity index (χ0v) is 10.1. The molecular formula is C8F14O2. The van der Waals surface area contributed by atoms with Gasteiger partial charge in [0.15, 0.2) is 0 Å². The molecule has 0 radical (unpaired) electrons. The lowest BCUT2D eigenvalue weighted by atomic mass is 9.96. The van der Waals surface area contributed by atoms with Crippen LogP contribution in [0.3, 0.4) is 0 Å². The fraction of sp³-hybridized carbons (Fsp3) is 0.750. The molecule has 16 heteroatoms. The van der Waals surface area contributed by atoms with Crippen LogP contribution in [0.1, 0.15) is 0 Å². The summed E-state index contributed by atoms with van der Waals surface area (Å²) in [6, 6.07) is 0. The van der Waals surface area contributed by atoms with E-state index in [1.54, 1.807) is 0 Å². The number of halogens is 14. The predicted molar refractivity (Wildman–Crippen MR) is 41.1 cm³/mol. The van der Waals surface area contributed by atoms with Crippen molar-refractivity contribution in [2.24, 2.45) is 0 Å². The van der Waals surface area contributed by atoms with Gasteiger partial charge in [-0.05, 0) is 0 Å². The highest BCUT2D eigenvalue weighted by Gasteiger charge is 2.94. The second-order valence-electron chi connectivity index (χ2n) is 4.08. The molecule has 0 aromatic heterocycles. The zero-order valence-electron chi connectivity index (χ0n) is 10.1. The minimum Gasteiger partial charge on any atom is -0.409 e. The molecule has 0 bridgehead atoms. The first-order valence-electron chi connectivity index (χ1n) is 4.96. The Morgan fingerprint density at radius 3 is 1.42 bits per heavy atom. The third-order valence-electron chi connectivity index (χ3n) is 2.53. The van der Waals surface area contributed by atoms with Gasteiger partial charge in [0.25, 0.3) is 0 Å². The summed E-state index contributed by atoms with van der Waals surface area (Å²) in [5.41, 5.74) is 0. The lowest BCUT2D eigenvalue weighted by Gasteiger charge is -2.38. The summed E-state index contributed by atoms with van der Waals surface area (Å²) in [5.74, 6) is -33.2. The molecule has 1 aliphatic heterocycles. The Morgan fingerprint density at radius 2 is 1.12 bits per heavy atom. The zero-order chi connectivity index (χ0) is 19.6. The van der Waals surface area contributed by atoms with Crippen molar-refractivity contribution in [2.75, 3.05) is 0 Å². The fourth-order valence-electron chi connectivity index (χ4n) is 1.29. The molecule has 1 saturated heterocycles. The van der Waals surface area contributed by atoms with Gasteiger partial charge in [0.2, 0.25) is 0 Å². The lowest BCUT2D eigenvalue weighted by Crippen LogP contribution is -2.70. The smallest absolute Gasteiger partial charge is 0.409 e.